The normalized spacial score (nSPS) is 21.0. The van der Waals surface area contributed by atoms with Crippen LogP contribution in [0.15, 0.2) is 0 Å². The molecule has 0 amide bonds. The number of hydrogen-bond acceptors (Lipinski definition) is 4. The second-order valence-corrected chi connectivity index (χ2v) is 3.97. The van der Waals surface area contributed by atoms with E-state index >= 15 is 0 Å². The lowest BCUT2D eigenvalue weighted by molar-refractivity contribution is 0.0384. The van der Waals surface area contributed by atoms with Gasteiger partial charge in [-0.05, 0) is 19.9 Å². The van der Waals surface area contributed by atoms with E-state index in [0.717, 1.165) is 52.4 Å². The standard InChI is InChI=1S/C10H23N3O/c1-10(11)2-3-12-4-5-13-6-8-14-9-7-13/h10,12H,2-9,11H2,1H3. The summed E-state index contributed by atoms with van der Waals surface area (Å²) in [5.41, 5.74) is 5.65. The molecule has 14 heavy (non-hydrogen) atoms. The van der Waals surface area contributed by atoms with Gasteiger partial charge in [0.05, 0.1) is 13.2 Å². The fourth-order valence-corrected chi connectivity index (χ4v) is 1.52. The van der Waals surface area contributed by atoms with Crippen molar-refractivity contribution in [3.63, 3.8) is 0 Å². The lowest BCUT2D eigenvalue weighted by Gasteiger charge is -2.26. The Bertz CT molecular complexity index is 135. The van der Waals surface area contributed by atoms with E-state index in [1.54, 1.807) is 0 Å². The zero-order valence-electron chi connectivity index (χ0n) is 9.17. The van der Waals surface area contributed by atoms with E-state index < -0.39 is 0 Å². The van der Waals surface area contributed by atoms with Crippen molar-refractivity contribution in [1.82, 2.24) is 10.2 Å². The molecule has 1 aliphatic rings. The van der Waals surface area contributed by atoms with Gasteiger partial charge in [0.25, 0.3) is 0 Å². The Morgan fingerprint density at radius 2 is 2.07 bits per heavy atom. The molecule has 1 atom stereocenters. The van der Waals surface area contributed by atoms with Gasteiger partial charge in [-0.15, -0.1) is 0 Å². The molecule has 4 heteroatoms. The molecule has 4 nitrogen and oxygen atoms in total. The average molecular weight is 201 g/mol. The molecular weight excluding hydrogens is 178 g/mol. The molecule has 0 aromatic heterocycles. The van der Waals surface area contributed by atoms with Gasteiger partial charge < -0.3 is 15.8 Å². The molecule has 1 aliphatic heterocycles. The maximum absolute atomic E-state index is 5.65. The van der Waals surface area contributed by atoms with Crippen molar-refractivity contribution < 1.29 is 4.74 Å². The maximum atomic E-state index is 5.65. The van der Waals surface area contributed by atoms with E-state index in [2.05, 4.69) is 10.2 Å². The molecule has 1 heterocycles. The number of ether oxygens (including phenoxy) is 1. The topological polar surface area (TPSA) is 50.5 Å². The molecule has 1 unspecified atom stereocenters. The van der Waals surface area contributed by atoms with Crippen molar-refractivity contribution in [2.45, 2.75) is 19.4 Å². The molecule has 0 aromatic rings. The lowest BCUT2D eigenvalue weighted by Crippen LogP contribution is -2.40. The van der Waals surface area contributed by atoms with Gasteiger partial charge in [0.1, 0.15) is 0 Å². The molecule has 1 saturated heterocycles. The van der Waals surface area contributed by atoms with Crippen molar-refractivity contribution in [1.29, 1.82) is 0 Å². The van der Waals surface area contributed by atoms with Gasteiger partial charge >= 0.3 is 0 Å². The van der Waals surface area contributed by atoms with Crippen LogP contribution >= 0.6 is 0 Å². The van der Waals surface area contributed by atoms with Crippen LogP contribution in [0.5, 0.6) is 0 Å². The summed E-state index contributed by atoms with van der Waals surface area (Å²) in [5, 5.41) is 3.40. The Hall–Kier alpha value is -0.160. The fraction of sp³-hybridized carbons (Fsp3) is 1.00. The first kappa shape index (κ1) is 11.9. The summed E-state index contributed by atoms with van der Waals surface area (Å²) in [5.74, 6) is 0. The molecule has 0 aliphatic carbocycles. The van der Waals surface area contributed by atoms with Crippen LogP contribution in [0.25, 0.3) is 0 Å². The van der Waals surface area contributed by atoms with Crippen molar-refractivity contribution in [2.75, 3.05) is 45.9 Å². The summed E-state index contributed by atoms with van der Waals surface area (Å²) >= 11 is 0. The number of nitrogens with one attached hydrogen (secondary N) is 1. The molecule has 1 rings (SSSR count). The van der Waals surface area contributed by atoms with Gasteiger partial charge in [-0.1, -0.05) is 0 Å². The number of nitrogens with zero attached hydrogens (tertiary/aromatic N) is 1. The molecule has 0 radical (unpaired) electrons. The Morgan fingerprint density at radius 1 is 1.36 bits per heavy atom. The second kappa shape index (κ2) is 7.17. The van der Waals surface area contributed by atoms with Crippen LogP contribution in [-0.2, 0) is 4.74 Å². The number of morpholine rings is 1. The average Bonchev–Trinajstić information content (AvgIpc) is 2.18. The highest BCUT2D eigenvalue weighted by atomic mass is 16.5. The molecular formula is C10H23N3O. The van der Waals surface area contributed by atoms with E-state index in [0.29, 0.717) is 6.04 Å². The first-order valence-corrected chi connectivity index (χ1v) is 5.55. The molecule has 0 spiro atoms. The minimum Gasteiger partial charge on any atom is -0.379 e. The third kappa shape index (κ3) is 5.54. The van der Waals surface area contributed by atoms with Crippen molar-refractivity contribution >= 4 is 0 Å². The monoisotopic (exact) mass is 201 g/mol. The van der Waals surface area contributed by atoms with Gasteiger partial charge in [0, 0.05) is 32.2 Å². The van der Waals surface area contributed by atoms with Crippen LogP contribution in [0.4, 0.5) is 0 Å². The van der Waals surface area contributed by atoms with Gasteiger partial charge in [-0.2, -0.15) is 0 Å². The Labute approximate surface area is 86.8 Å². The highest BCUT2D eigenvalue weighted by Gasteiger charge is 2.08. The smallest absolute Gasteiger partial charge is 0.0594 e. The van der Waals surface area contributed by atoms with E-state index in [1.807, 2.05) is 6.92 Å². The fourth-order valence-electron chi connectivity index (χ4n) is 1.52. The van der Waals surface area contributed by atoms with Crippen LogP contribution in [0, 0.1) is 0 Å². The maximum Gasteiger partial charge on any atom is 0.0594 e. The van der Waals surface area contributed by atoms with Crippen molar-refractivity contribution in [3.8, 4) is 0 Å². The first-order valence-electron chi connectivity index (χ1n) is 5.55. The number of nitrogens with two attached hydrogens (primary N) is 1. The largest absolute Gasteiger partial charge is 0.379 e. The van der Waals surface area contributed by atoms with Gasteiger partial charge in [0.2, 0.25) is 0 Å². The summed E-state index contributed by atoms with van der Waals surface area (Å²) in [4.78, 5) is 2.43. The Morgan fingerprint density at radius 3 is 2.71 bits per heavy atom. The summed E-state index contributed by atoms with van der Waals surface area (Å²) < 4.78 is 5.28. The third-order valence-corrected chi connectivity index (χ3v) is 2.48. The van der Waals surface area contributed by atoms with Crippen LogP contribution in [0.2, 0.25) is 0 Å². The van der Waals surface area contributed by atoms with Gasteiger partial charge in [-0.3, -0.25) is 4.90 Å². The van der Waals surface area contributed by atoms with Crippen molar-refractivity contribution in [2.24, 2.45) is 5.73 Å². The van der Waals surface area contributed by atoms with E-state index in [-0.39, 0.29) is 0 Å². The van der Waals surface area contributed by atoms with Crippen LogP contribution < -0.4 is 11.1 Å². The van der Waals surface area contributed by atoms with E-state index in [4.69, 9.17) is 10.5 Å². The predicted octanol–water partition coefficient (Wildman–Crippen LogP) is -0.354. The highest BCUT2D eigenvalue weighted by Crippen LogP contribution is 1.94. The Kier molecular flexibility index (Phi) is 6.10. The van der Waals surface area contributed by atoms with E-state index in [1.165, 1.54) is 0 Å². The first-order chi connectivity index (χ1) is 6.79. The van der Waals surface area contributed by atoms with Crippen LogP contribution in [0.1, 0.15) is 13.3 Å². The summed E-state index contributed by atoms with van der Waals surface area (Å²) in [6.07, 6.45) is 1.06. The molecule has 0 aromatic carbocycles. The number of hydrogen-bond donors (Lipinski definition) is 2. The minimum atomic E-state index is 0.311. The number of rotatable bonds is 6. The summed E-state index contributed by atoms with van der Waals surface area (Å²) in [6, 6.07) is 0.311. The van der Waals surface area contributed by atoms with Crippen LogP contribution in [0.3, 0.4) is 0 Å². The zero-order chi connectivity index (χ0) is 10.2. The van der Waals surface area contributed by atoms with Crippen molar-refractivity contribution in [3.05, 3.63) is 0 Å². The summed E-state index contributed by atoms with van der Waals surface area (Å²) in [6.45, 7) is 9.20. The van der Waals surface area contributed by atoms with Gasteiger partial charge in [-0.25, -0.2) is 0 Å². The van der Waals surface area contributed by atoms with E-state index in [9.17, 15) is 0 Å². The second-order valence-electron chi connectivity index (χ2n) is 3.97. The highest BCUT2D eigenvalue weighted by molar-refractivity contribution is 4.63. The molecule has 1 fully saturated rings. The Balaban J connectivity index is 1.87. The lowest BCUT2D eigenvalue weighted by atomic mass is 10.2. The van der Waals surface area contributed by atoms with Gasteiger partial charge in [0.15, 0.2) is 0 Å². The zero-order valence-corrected chi connectivity index (χ0v) is 9.17. The SMILES string of the molecule is CC(N)CCNCCN1CCOCC1. The molecule has 0 saturated carbocycles. The molecule has 0 bridgehead atoms. The molecule has 3 N–H and O–H groups in total. The minimum absolute atomic E-state index is 0.311. The molecule has 84 valence electrons. The predicted molar refractivity (Wildman–Crippen MR) is 58.4 cm³/mol. The summed E-state index contributed by atoms with van der Waals surface area (Å²) in [7, 11) is 0. The van der Waals surface area contributed by atoms with Crippen LogP contribution in [-0.4, -0.2) is 56.9 Å². The quantitative estimate of drug-likeness (QED) is 0.577. The third-order valence-electron chi connectivity index (χ3n) is 2.48.